The summed E-state index contributed by atoms with van der Waals surface area (Å²) in [5.74, 6) is -0.137. The topological polar surface area (TPSA) is 44.8 Å². The molecule has 156 valence electrons. The number of methoxy groups -OCH3 is 1. The minimum atomic E-state index is -4.41. The van der Waals surface area contributed by atoms with Crippen LogP contribution in [0, 0.1) is 5.41 Å². The van der Waals surface area contributed by atoms with Gasteiger partial charge in [-0.3, -0.25) is 4.79 Å². The molecule has 1 aromatic rings. The van der Waals surface area contributed by atoms with Crippen LogP contribution in [0.4, 0.5) is 18.9 Å². The summed E-state index contributed by atoms with van der Waals surface area (Å²) < 4.78 is 44.9. The molecule has 0 unspecified atom stereocenters. The largest absolute Gasteiger partial charge is 0.416 e. The van der Waals surface area contributed by atoms with Crippen LogP contribution in [0.5, 0.6) is 0 Å². The SMILES string of the molecule is COCC1(C(=O)NCc2cc(C(F)(F)F)ccc2N2CCN(C)CC2)CCC1. The molecular weight excluding hydrogens is 371 g/mol. The van der Waals surface area contributed by atoms with Crippen molar-refractivity contribution in [1.29, 1.82) is 0 Å². The van der Waals surface area contributed by atoms with Gasteiger partial charge in [-0.1, -0.05) is 6.42 Å². The van der Waals surface area contributed by atoms with Crippen molar-refractivity contribution < 1.29 is 22.7 Å². The molecule has 0 atom stereocenters. The van der Waals surface area contributed by atoms with Gasteiger partial charge in [0, 0.05) is 45.5 Å². The van der Waals surface area contributed by atoms with Gasteiger partial charge < -0.3 is 19.9 Å². The summed E-state index contributed by atoms with van der Waals surface area (Å²) in [6.45, 7) is 3.61. The Bertz CT molecular complexity index is 696. The zero-order valence-electron chi connectivity index (χ0n) is 16.4. The van der Waals surface area contributed by atoms with Gasteiger partial charge >= 0.3 is 6.18 Å². The Labute approximate surface area is 163 Å². The Morgan fingerprint density at radius 2 is 1.89 bits per heavy atom. The highest BCUT2D eigenvalue weighted by molar-refractivity contribution is 5.83. The van der Waals surface area contributed by atoms with Gasteiger partial charge in [0.05, 0.1) is 17.6 Å². The van der Waals surface area contributed by atoms with E-state index in [1.807, 2.05) is 7.05 Å². The standard InChI is InChI=1S/C20H28F3N3O2/c1-25-8-10-26(11-9-25)17-5-4-16(20(21,22)23)12-15(17)13-24-18(27)19(14-28-2)6-3-7-19/h4-5,12H,3,6-11,13-14H2,1-2H3,(H,24,27). The molecule has 1 aliphatic carbocycles. The van der Waals surface area contributed by atoms with E-state index in [0.29, 0.717) is 12.2 Å². The van der Waals surface area contributed by atoms with Crippen LogP contribution < -0.4 is 10.2 Å². The number of nitrogens with zero attached hydrogens (tertiary/aromatic N) is 2. The van der Waals surface area contributed by atoms with Crippen molar-refractivity contribution in [2.45, 2.75) is 32.0 Å². The molecule has 1 heterocycles. The molecule has 0 bridgehead atoms. The van der Waals surface area contributed by atoms with Crippen LogP contribution in [-0.4, -0.2) is 57.8 Å². The summed E-state index contributed by atoms with van der Waals surface area (Å²) in [5, 5.41) is 2.87. The van der Waals surface area contributed by atoms with Gasteiger partial charge in [0.25, 0.3) is 0 Å². The predicted molar refractivity (Wildman–Crippen MR) is 101 cm³/mol. The maximum absolute atomic E-state index is 13.2. The third kappa shape index (κ3) is 4.43. The Kier molecular flexibility index (Phi) is 6.19. The fourth-order valence-corrected chi connectivity index (χ4v) is 3.94. The zero-order valence-corrected chi connectivity index (χ0v) is 16.4. The van der Waals surface area contributed by atoms with Crippen LogP contribution >= 0.6 is 0 Å². The minimum absolute atomic E-state index is 0.0793. The van der Waals surface area contributed by atoms with Crippen molar-refractivity contribution in [3.05, 3.63) is 29.3 Å². The number of carbonyl (C=O) groups excluding carboxylic acids is 1. The fourth-order valence-electron chi connectivity index (χ4n) is 3.94. The lowest BCUT2D eigenvalue weighted by atomic mass is 9.68. The maximum Gasteiger partial charge on any atom is 0.416 e. The van der Waals surface area contributed by atoms with Gasteiger partial charge in [-0.05, 0) is 43.7 Å². The van der Waals surface area contributed by atoms with E-state index in [1.54, 1.807) is 7.11 Å². The second-order valence-corrected chi connectivity index (χ2v) is 7.88. The van der Waals surface area contributed by atoms with E-state index in [-0.39, 0.29) is 12.5 Å². The molecule has 1 amide bonds. The first-order chi connectivity index (χ1) is 13.2. The first-order valence-electron chi connectivity index (χ1n) is 9.66. The maximum atomic E-state index is 13.2. The molecule has 2 fully saturated rings. The number of halogens is 3. The predicted octanol–water partition coefficient (Wildman–Crippen LogP) is 2.89. The third-order valence-corrected chi connectivity index (χ3v) is 5.90. The lowest BCUT2D eigenvalue weighted by Gasteiger charge is -2.39. The van der Waals surface area contributed by atoms with Crippen molar-refractivity contribution in [2.75, 3.05) is 51.8 Å². The number of alkyl halides is 3. The summed E-state index contributed by atoms with van der Waals surface area (Å²) in [6.07, 6.45) is -1.95. The summed E-state index contributed by atoms with van der Waals surface area (Å²) in [6, 6.07) is 3.82. The first kappa shape index (κ1) is 20.9. The molecule has 1 aliphatic heterocycles. The van der Waals surface area contributed by atoms with Gasteiger partial charge in [-0.15, -0.1) is 0 Å². The summed E-state index contributed by atoms with van der Waals surface area (Å²) in [7, 11) is 3.59. The number of anilines is 1. The lowest BCUT2D eigenvalue weighted by molar-refractivity contribution is -0.140. The molecule has 3 rings (SSSR count). The Balaban J connectivity index is 1.79. The van der Waals surface area contributed by atoms with E-state index in [4.69, 9.17) is 4.74 Å². The number of ether oxygens (including phenoxy) is 1. The average Bonchev–Trinajstić information content (AvgIpc) is 2.62. The molecule has 1 saturated heterocycles. The molecule has 0 radical (unpaired) electrons. The van der Waals surface area contributed by atoms with E-state index >= 15 is 0 Å². The quantitative estimate of drug-likeness (QED) is 0.799. The molecule has 0 aromatic heterocycles. The van der Waals surface area contributed by atoms with Crippen molar-refractivity contribution in [3.63, 3.8) is 0 Å². The van der Waals surface area contributed by atoms with E-state index in [1.165, 1.54) is 6.07 Å². The molecule has 5 nitrogen and oxygen atoms in total. The number of amides is 1. The molecular formula is C20H28F3N3O2. The smallest absolute Gasteiger partial charge is 0.384 e. The molecule has 28 heavy (non-hydrogen) atoms. The number of piperazine rings is 1. The lowest BCUT2D eigenvalue weighted by Crippen LogP contribution is -2.48. The Hall–Kier alpha value is -1.80. The van der Waals surface area contributed by atoms with Crippen LogP contribution in [0.1, 0.15) is 30.4 Å². The summed E-state index contributed by atoms with van der Waals surface area (Å²) >= 11 is 0. The van der Waals surface area contributed by atoms with Crippen molar-refractivity contribution >= 4 is 11.6 Å². The number of nitrogens with one attached hydrogen (secondary N) is 1. The molecule has 2 aliphatic rings. The number of rotatable bonds is 6. The molecule has 8 heteroatoms. The molecule has 1 N–H and O–H groups in total. The average molecular weight is 399 g/mol. The van der Waals surface area contributed by atoms with Crippen LogP contribution in [0.15, 0.2) is 18.2 Å². The van der Waals surface area contributed by atoms with E-state index in [9.17, 15) is 18.0 Å². The highest BCUT2D eigenvalue weighted by Gasteiger charge is 2.44. The number of likely N-dealkylation sites (N-methyl/N-ethyl adjacent to an activating group) is 1. The Morgan fingerprint density at radius 1 is 1.21 bits per heavy atom. The summed E-state index contributed by atoms with van der Waals surface area (Å²) in [5.41, 5.74) is 0.0324. The second kappa shape index (κ2) is 8.29. The van der Waals surface area contributed by atoms with Crippen LogP contribution in [0.25, 0.3) is 0 Å². The van der Waals surface area contributed by atoms with Crippen LogP contribution in [-0.2, 0) is 22.3 Å². The van der Waals surface area contributed by atoms with Crippen LogP contribution in [0.3, 0.4) is 0 Å². The molecule has 0 spiro atoms. The normalized spacial score (nSPS) is 20.0. The molecule has 1 saturated carbocycles. The van der Waals surface area contributed by atoms with Gasteiger partial charge in [0.1, 0.15) is 0 Å². The van der Waals surface area contributed by atoms with E-state index in [0.717, 1.165) is 63.3 Å². The van der Waals surface area contributed by atoms with Crippen molar-refractivity contribution in [1.82, 2.24) is 10.2 Å². The number of carbonyl (C=O) groups is 1. The van der Waals surface area contributed by atoms with Gasteiger partial charge in [0.15, 0.2) is 0 Å². The third-order valence-electron chi connectivity index (χ3n) is 5.90. The fraction of sp³-hybridized carbons (Fsp3) is 0.650. The monoisotopic (exact) mass is 399 g/mol. The Morgan fingerprint density at radius 3 is 2.43 bits per heavy atom. The van der Waals surface area contributed by atoms with Crippen LogP contribution in [0.2, 0.25) is 0 Å². The van der Waals surface area contributed by atoms with Crippen molar-refractivity contribution in [3.8, 4) is 0 Å². The highest BCUT2D eigenvalue weighted by Crippen LogP contribution is 2.41. The first-order valence-corrected chi connectivity index (χ1v) is 9.66. The number of hydrogen-bond donors (Lipinski definition) is 1. The van der Waals surface area contributed by atoms with E-state index in [2.05, 4.69) is 15.1 Å². The van der Waals surface area contributed by atoms with E-state index < -0.39 is 17.2 Å². The summed E-state index contributed by atoms with van der Waals surface area (Å²) in [4.78, 5) is 17.0. The zero-order chi connectivity index (χ0) is 20.4. The molecule has 1 aromatic carbocycles. The van der Waals surface area contributed by atoms with Gasteiger partial charge in [0.2, 0.25) is 5.91 Å². The van der Waals surface area contributed by atoms with Gasteiger partial charge in [-0.25, -0.2) is 0 Å². The highest BCUT2D eigenvalue weighted by atomic mass is 19.4. The minimum Gasteiger partial charge on any atom is -0.384 e. The van der Waals surface area contributed by atoms with Crippen molar-refractivity contribution in [2.24, 2.45) is 5.41 Å². The van der Waals surface area contributed by atoms with Gasteiger partial charge in [-0.2, -0.15) is 13.2 Å². The second-order valence-electron chi connectivity index (χ2n) is 7.88. The number of benzene rings is 1. The number of hydrogen-bond acceptors (Lipinski definition) is 4.